The molecule has 2 fully saturated rings. The van der Waals surface area contributed by atoms with E-state index in [0.717, 1.165) is 0 Å². The molecular formula is C15H18O5. The van der Waals surface area contributed by atoms with Crippen molar-refractivity contribution < 1.29 is 24.1 Å². The van der Waals surface area contributed by atoms with E-state index in [4.69, 9.17) is 14.2 Å². The van der Waals surface area contributed by atoms with E-state index in [1.165, 1.54) is 0 Å². The van der Waals surface area contributed by atoms with E-state index in [-0.39, 0.29) is 12.4 Å². The number of carbonyl (C=O) groups is 1. The number of Topliss-reactive ketones (excluding diaryl/α,β-unsaturated/α-hetero) is 1. The number of ketones is 1. The van der Waals surface area contributed by atoms with E-state index in [1.54, 1.807) is 38.1 Å². The summed E-state index contributed by atoms with van der Waals surface area (Å²) in [5.74, 6) is -0.903. The van der Waals surface area contributed by atoms with Crippen LogP contribution in [-0.2, 0) is 14.2 Å². The number of hydrogen-bond acceptors (Lipinski definition) is 5. The van der Waals surface area contributed by atoms with Crippen molar-refractivity contribution >= 4 is 5.78 Å². The minimum atomic E-state index is -0.762. The van der Waals surface area contributed by atoms with Crippen LogP contribution in [0.3, 0.4) is 0 Å². The van der Waals surface area contributed by atoms with Crippen molar-refractivity contribution in [2.75, 3.05) is 6.61 Å². The lowest BCUT2D eigenvalue weighted by Gasteiger charge is -2.23. The van der Waals surface area contributed by atoms with Crippen molar-refractivity contribution in [3.05, 3.63) is 35.9 Å². The van der Waals surface area contributed by atoms with E-state index in [2.05, 4.69) is 0 Å². The van der Waals surface area contributed by atoms with E-state index in [1.807, 2.05) is 6.07 Å². The minimum Gasteiger partial charge on any atom is -0.394 e. The summed E-state index contributed by atoms with van der Waals surface area (Å²) < 4.78 is 17.2. The van der Waals surface area contributed by atoms with E-state index >= 15 is 0 Å². The number of aliphatic hydroxyl groups is 1. The lowest BCUT2D eigenvalue weighted by molar-refractivity contribution is -0.184. The molecule has 0 radical (unpaired) electrons. The maximum Gasteiger partial charge on any atom is 0.194 e. The molecule has 0 bridgehead atoms. The third-order valence-electron chi connectivity index (χ3n) is 3.65. The molecule has 0 saturated carbocycles. The smallest absolute Gasteiger partial charge is 0.194 e. The third-order valence-corrected chi connectivity index (χ3v) is 3.65. The quantitative estimate of drug-likeness (QED) is 0.840. The van der Waals surface area contributed by atoms with Gasteiger partial charge in [0.1, 0.15) is 24.4 Å². The fourth-order valence-corrected chi connectivity index (χ4v) is 2.81. The van der Waals surface area contributed by atoms with Crippen LogP contribution in [0.2, 0.25) is 0 Å². The van der Waals surface area contributed by atoms with Crippen LogP contribution in [0, 0.1) is 0 Å². The summed E-state index contributed by atoms with van der Waals surface area (Å²) in [6, 6.07) is 8.95. The first-order valence-electron chi connectivity index (χ1n) is 6.73. The Kier molecular flexibility index (Phi) is 3.38. The number of hydrogen-bond donors (Lipinski definition) is 1. The SMILES string of the molecule is CC1(C)OC2[C@H](C(=O)c3ccccc3)O[C@H](CO)[C@H]2O1. The average molecular weight is 278 g/mol. The zero-order valence-corrected chi connectivity index (χ0v) is 11.5. The highest BCUT2D eigenvalue weighted by Crippen LogP contribution is 2.39. The fraction of sp³-hybridized carbons (Fsp3) is 0.533. The van der Waals surface area contributed by atoms with E-state index in [0.29, 0.717) is 5.56 Å². The molecule has 1 N–H and O–H groups in total. The highest BCUT2D eigenvalue weighted by molar-refractivity contribution is 6.00. The van der Waals surface area contributed by atoms with Crippen molar-refractivity contribution in [3.63, 3.8) is 0 Å². The first-order valence-corrected chi connectivity index (χ1v) is 6.73. The van der Waals surface area contributed by atoms with Crippen LogP contribution >= 0.6 is 0 Å². The van der Waals surface area contributed by atoms with Crippen molar-refractivity contribution in [1.82, 2.24) is 0 Å². The Morgan fingerprint density at radius 2 is 1.85 bits per heavy atom. The lowest BCUT2D eigenvalue weighted by Crippen LogP contribution is -2.35. The fourth-order valence-electron chi connectivity index (χ4n) is 2.81. The topological polar surface area (TPSA) is 65.0 Å². The Morgan fingerprint density at radius 3 is 2.50 bits per heavy atom. The van der Waals surface area contributed by atoms with Crippen LogP contribution in [0.4, 0.5) is 0 Å². The summed E-state index contributed by atoms with van der Waals surface area (Å²) in [6.07, 6.45) is -2.15. The summed E-state index contributed by atoms with van der Waals surface area (Å²) in [4.78, 5) is 12.5. The van der Waals surface area contributed by atoms with Gasteiger partial charge in [-0.05, 0) is 13.8 Å². The molecule has 1 aromatic carbocycles. The Balaban J connectivity index is 1.85. The van der Waals surface area contributed by atoms with Gasteiger partial charge in [0.05, 0.1) is 6.61 Å². The molecule has 3 rings (SSSR count). The lowest BCUT2D eigenvalue weighted by atomic mass is 10.0. The van der Waals surface area contributed by atoms with Gasteiger partial charge in [-0.3, -0.25) is 4.79 Å². The van der Waals surface area contributed by atoms with Gasteiger partial charge in [0.15, 0.2) is 11.6 Å². The zero-order valence-electron chi connectivity index (χ0n) is 11.5. The van der Waals surface area contributed by atoms with Gasteiger partial charge in [-0.1, -0.05) is 30.3 Å². The van der Waals surface area contributed by atoms with Crippen molar-refractivity contribution in [2.24, 2.45) is 0 Å². The van der Waals surface area contributed by atoms with Gasteiger partial charge in [0.2, 0.25) is 0 Å². The van der Waals surface area contributed by atoms with Gasteiger partial charge in [-0.25, -0.2) is 0 Å². The predicted molar refractivity (Wildman–Crippen MR) is 70.3 cm³/mol. The maximum atomic E-state index is 12.5. The zero-order chi connectivity index (χ0) is 14.3. The number of rotatable bonds is 3. The monoisotopic (exact) mass is 278 g/mol. The first-order chi connectivity index (χ1) is 9.52. The normalized spacial score (nSPS) is 35.0. The summed E-state index contributed by atoms with van der Waals surface area (Å²) in [6.45, 7) is 3.40. The minimum absolute atomic E-state index is 0.141. The second-order valence-corrected chi connectivity index (χ2v) is 5.57. The van der Waals surface area contributed by atoms with Crippen LogP contribution in [0.1, 0.15) is 24.2 Å². The molecule has 5 heteroatoms. The molecule has 4 atom stereocenters. The highest BCUT2D eigenvalue weighted by Gasteiger charge is 2.56. The Morgan fingerprint density at radius 1 is 1.20 bits per heavy atom. The number of aliphatic hydroxyl groups excluding tert-OH is 1. The van der Waals surface area contributed by atoms with Crippen LogP contribution in [0.15, 0.2) is 30.3 Å². The second kappa shape index (κ2) is 4.93. The van der Waals surface area contributed by atoms with Crippen molar-refractivity contribution in [1.29, 1.82) is 0 Å². The molecule has 2 aliphatic rings. The molecule has 0 aliphatic carbocycles. The largest absolute Gasteiger partial charge is 0.394 e. The Labute approximate surface area is 117 Å². The van der Waals surface area contributed by atoms with Crippen LogP contribution in [0.5, 0.6) is 0 Å². The molecular weight excluding hydrogens is 260 g/mol. The van der Waals surface area contributed by atoms with Crippen LogP contribution in [-0.4, -0.2) is 47.7 Å². The van der Waals surface area contributed by atoms with Gasteiger partial charge in [0.25, 0.3) is 0 Å². The summed E-state index contributed by atoms with van der Waals surface area (Å²) >= 11 is 0. The summed E-state index contributed by atoms with van der Waals surface area (Å²) in [7, 11) is 0. The molecule has 108 valence electrons. The molecule has 2 heterocycles. The van der Waals surface area contributed by atoms with Gasteiger partial charge in [0, 0.05) is 5.56 Å². The van der Waals surface area contributed by atoms with Crippen LogP contribution < -0.4 is 0 Å². The molecule has 2 saturated heterocycles. The predicted octanol–water partition coefficient (Wildman–Crippen LogP) is 1.15. The summed E-state index contributed by atoms with van der Waals surface area (Å²) in [5.41, 5.74) is 0.572. The van der Waals surface area contributed by atoms with Gasteiger partial charge in [-0.2, -0.15) is 0 Å². The first kappa shape index (κ1) is 13.7. The van der Waals surface area contributed by atoms with Crippen molar-refractivity contribution in [3.8, 4) is 0 Å². The average Bonchev–Trinajstić information content (AvgIpc) is 2.92. The molecule has 0 amide bonds. The molecule has 1 unspecified atom stereocenters. The van der Waals surface area contributed by atoms with Gasteiger partial charge < -0.3 is 19.3 Å². The molecule has 5 nitrogen and oxygen atoms in total. The van der Waals surface area contributed by atoms with Crippen molar-refractivity contribution in [2.45, 2.75) is 44.1 Å². The molecule has 0 aromatic heterocycles. The Hall–Kier alpha value is -1.27. The number of carbonyl (C=O) groups excluding carboxylic acids is 1. The van der Waals surface area contributed by atoms with Gasteiger partial charge in [-0.15, -0.1) is 0 Å². The summed E-state index contributed by atoms with van der Waals surface area (Å²) in [5, 5.41) is 9.38. The second-order valence-electron chi connectivity index (χ2n) is 5.57. The van der Waals surface area contributed by atoms with E-state index in [9.17, 15) is 9.90 Å². The van der Waals surface area contributed by atoms with E-state index < -0.39 is 30.2 Å². The molecule has 0 spiro atoms. The molecule has 20 heavy (non-hydrogen) atoms. The molecule has 2 aliphatic heterocycles. The maximum absolute atomic E-state index is 12.5. The number of ether oxygens (including phenoxy) is 3. The Bertz CT molecular complexity index is 498. The highest BCUT2D eigenvalue weighted by atomic mass is 16.8. The number of benzene rings is 1. The number of fused-ring (bicyclic) bond motifs is 1. The third kappa shape index (κ3) is 2.27. The molecule has 1 aromatic rings. The standard InChI is InChI=1S/C15H18O5/c1-15(2)19-12-10(8-16)18-13(14(12)20-15)11(17)9-6-4-3-5-7-9/h3-7,10,12-14,16H,8H2,1-2H3/t10-,12-,13+,14?/m1/s1. The van der Waals surface area contributed by atoms with Crippen LogP contribution in [0.25, 0.3) is 0 Å². The van der Waals surface area contributed by atoms with Gasteiger partial charge >= 0.3 is 0 Å².